The minimum Gasteiger partial charge on any atom is -0.321 e. The number of nitrogens with zero attached hydrogens (tertiary/aromatic N) is 2. The highest BCUT2D eigenvalue weighted by Crippen LogP contribution is 2.32. The summed E-state index contributed by atoms with van der Waals surface area (Å²) in [5, 5.41) is -1.47. The van der Waals surface area contributed by atoms with Crippen LogP contribution in [0.1, 0.15) is 5.56 Å². The zero-order valence-electron chi connectivity index (χ0n) is 11.3. The second-order valence-corrected chi connectivity index (χ2v) is 6.69. The van der Waals surface area contributed by atoms with Crippen LogP contribution in [-0.2, 0) is 21.2 Å². The van der Waals surface area contributed by atoms with E-state index in [0.717, 1.165) is 5.56 Å². The number of hydrogen-bond donors (Lipinski definition) is 0. The van der Waals surface area contributed by atoms with Crippen molar-refractivity contribution in [1.82, 2.24) is 9.80 Å². The van der Waals surface area contributed by atoms with Crippen molar-refractivity contribution in [3.05, 3.63) is 48.3 Å². The van der Waals surface area contributed by atoms with Gasteiger partial charge in [0.15, 0.2) is 0 Å². The van der Waals surface area contributed by atoms with Crippen molar-refractivity contribution in [3.8, 4) is 0 Å². The number of sulfone groups is 1. The van der Waals surface area contributed by atoms with Crippen molar-refractivity contribution < 1.29 is 13.2 Å². The molecule has 0 aliphatic carbocycles. The molecule has 0 saturated heterocycles. The first kappa shape index (κ1) is 13.9. The molecular formula is C13H18N2O3S. The average molecular weight is 282 g/mol. The average Bonchev–Trinajstić information content (AvgIpc) is 2.65. The van der Waals surface area contributed by atoms with Gasteiger partial charge in [-0.25, -0.2) is 8.42 Å². The summed E-state index contributed by atoms with van der Waals surface area (Å²) < 4.78 is 30.1. The van der Waals surface area contributed by atoms with E-state index in [0.29, 0.717) is 0 Å². The van der Waals surface area contributed by atoms with Crippen LogP contribution in [0.4, 0.5) is 0 Å². The Balaban J connectivity index is 2.27. The molecule has 1 aromatic carbocycles. The molecule has 104 valence electrons. The summed E-state index contributed by atoms with van der Waals surface area (Å²) in [6.07, 6.45) is 4.55. The summed E-state index contributed by atoms with van der Waals surface area (Å²) in [6, 6.07) is 9.50. The van der Waals surface area contributed by atoms with Gasteiger partial charge in [0.1, 0.15) is 0 Å². The zero-order chi connectivity index (χ0) is 14.1. The lowest BCUT2D eigenvalue weighted by Gasteiger charge is -2.39. The molecule has 1 aromatic rings. The van der Waals surface area contributed by atoms with Crippen molar-refractivity contribution in [2.45, 2.75) is 11.8 Å². The molecule has 1 aliphatic heterocycles. The Kier molecular flexibility index (Phi) is 3.56. The molecule has 2 rings (SSSR count). The van der Waals surface area contributed by atoms with E-state index in [1.54, 1.807) is 36.3 Å². The highest BCUT2D eigenvalue weighted by molar-refractivity contribution is 7.91. The first-order valence-corrected chi connectivity index (χ1v) is 7.79. The summed E-state index contributed by atoms with van der Waals surface area (Å²) in [7, 11) is -0.0925. The number of ether oxygens (including phenoxy) is 1. The van der Waals surface area contributed by atoms with Crippen LogP contribution < -0.4 is 0 Å². The molecule has 0 spiro atoms. The first-order valence-electron chi connectivity index (χ1n) is 5.89. The van der Waals surface area contributed by atoms with Crippen LogP contribution in [0, 0.1) is 0 Å². The lowest BCUT2D eigenvalue weighted by molar-refractivity contribution is -0.134. The molecule has 0 saturated carbocycles. The van der Waals surface area contributed by atoms with Gasteiger partial charge in [-0.15, -0.1) is 0 Å². The molecule has 0 N–H and O–H groups in total. The van der Waals surface area contributed by atoms with E-state index in [1.165, 1.54) is 6.26 Å². The van der Waals surface area contributed by atoms with E-state index in [4.69, 9.17) is 4.74 Å². The second kappa shape index (κ2) is 4.86. The van der Waals surface area contributed by atoms with Crippen molar-refractivity contribution >= 4 is 9.84 Å². The Labute approximate surface area is 114 Å². The summed E-state index contributed by atoms with van der Waals surface area (Å²) in [6.45, 7) is 0.226. The lowest BCUT2D eigenvalue weighted by Crippen LogP contribution is -2.58. The topological polar surface area (TPSA) is 49.9 Å². The van der Waals surface area contributed by atoms with Gasteiger partial charge < -0.3 is 14.5 Å². The molecule has 5 nitrogen and oxygen atoms in total. The Hall–Kier alpha value is -1.53. The van der Waals surface area contributed by atoms with E-state index in [-0.39, 0.29) is 6.61 Å². The van der Waals surface area contributed by atoms with Gasteiger partial charge in [0.25, 0.3) is 0 Å². The molecule has 0 aromatic heterocycles. The molecule has 19 heavy (non-hydrogen) atoms. The maximum Gasteiger partial charge on any atom is 0.328 e. The minimum absolute atomic E-state index is 0.226. The van der Waals surface area contributed by atoms with Gasteiger partial charge >= 0.3 is 5.18 Å². The molecule has 0 bridgehead atoms. The van der Waals surface area contributed by atoms with E-state index in [2.05, 4.69) is 0 Å². The van der Waals surface area contributed by atoms with E-state index < -0.39 is 15.0 Å². The number of hydrogen-bond acceptors (Lipinski definition) is 5. The van der Waals surface area contributed by atoms with Crippen LogP contribution in [-0.4, -0.2) is 43.7 Å². The largest absolute Gasteiger partial charge is 0.328 e. The molecule has 0 radical (unpaired) electrons. The molecule has 0 amide bonds. The predicted molar refractivity (Wildman–Crippen MR) is 73.5 cm³/mol. The highest BCUT2D eigenvalue weighted by atomic mass is 32.2. The van der Waals surface area contributed by atoms with Gasteiger partial charge in [-0.2, -0.15) is 0 Å². The van der Waals surface area contributed by atoms with Crippen molar-refractivity contribution in [2.24, 2.45) is 0 Å². The van der Waals surface area contributed by atoms with Crippen molar-refractivity contribution in [1.29, 1.82) is 0 Å². The quantitative estimate of drug-likeness (QED) is 0.831. The molecule has 0 fully saturated rings. The summed E-state index contributed by atoms with van der Waals surface area (Å²) in [5.74, 6) is 0. The molecule has 6 heteroatoms. The highest BCUT2D eigenvalue weighted by Gasteiger charge is 2.51. The summed E-state index contributed by atoms with van der Waals surface area (Å²) in [5.41, 5.74) is 0.930. The smallest absolute Gasteiger partial charge is 0.321 e. The number of rotatable bonds is 4. The predicted octanol–water partition coefficient (Wildman–Crippen LogP) is 1.21. The molecular weight excluding hydrogens is 264 g/mol. The third-order valence-corrected chi connectivity index (χ3v) is 4.82. The van der Waals surface area contributed by atoms with E-state index in [1.807, 2.05) is 30.3 Å². The second-order valence-electron chi connectivity index (χ2n) is 4.61. The van der Waals surface area contributed by atoms with Crippen LogP contribution in [0.25, 0.3) is 0 Å². The van der Waals surface area contributed by atoms with Crippen molar-refractivity contribution in [2.75, 3.05) is 20.4 Å². The van der Waals surface area contributed by atoms with Gasteiger partial charge in [-0.05, 0) is 5.56 Å². The fraction of sp³-hybridized carbons (Fsp3) is 0.385. The van der Waals surface area contributed by atoms with Gasteiger partial charge in [0.2, 0.25) is 9.84 Å². The monoisotopic (exact) mass is 282 g/mol. The van der Waals surface area contributed by atoms with Crippen LogP contribution in [0.5, 0.6) is 0 Å². The Bertz CT molecular complexity index is 557. The normalized spacial score (nSPS) is 18.1. The van der Waals surface area contributed by atoms with Crippen LogP contribution >= 0.6 is 0 Å². The SMILES string of the molecule is CN1C=CN(C)C1(OCc1ccccc1)S(C)(=O)=O. The summed E-state index contributed by atoms with van der Waals surface area (Å²) >= 11 is 0. The van der Waals surface area contributed by atoms with Gasteiger partial charge in [0, 0.05) is 32.8 Å². The number of benzene rings is 1. The fourth-order valence-electron chi connectivity index (χ4n) is 2.22. The molecule has 1 aliphatic rings. The molecule has 0 atom stereocenters. The third-order valence-electron chi connectivity index (χ3n) is 3.16. The maximum absolute atomic E-state index is 12.1. The Morgan fingerprint density at radius 2 is 1.63 bits per heavy atom. The standard InChI is InChI=1S/C13H18N2O3S/c1-14-9-10-15(2)13(14,19(3,16)17)18-11-12-7-5-4-6-8-12/h4-10H,11H2,1-3H3. The first-order chi connectivity index (χ1) is 8.88. The van der Waals surface area contributed by atoms with E-state index in [9.17, 15) is 8.42 Å². The minimum atomic E-state index is -3.47. The zero-order valence-corrected chi connectivity index (χ0v) is 12.1. The van der Waals surface area contributed by atoms with Crippen molar-refractivity contribution in [3.63, 3.8) is 0 Å². The third kappa shape index (κ3) is 2.33. The Morgan fingerprint density at radius 1 is 1.11 bits per heavy atom. The summed E-state index contributed by atoms with van der Waals surface area (Å²) in [4.78, 5) is 3.12. The van der Waals surface area contributed by atoms with Crippen LogP contribution in [0.15, 0.2) is 42.7 Å². The lowest BCUT2D eigenvalue weighted by atomic mass is 10.2. The Morgan fingerprint density at radius 3 is 2.11 bits per heavy atom. The van der Waals surface area contributed by atoms with Crippen LogP contribution in [0.2, 0.25) is 0 Å². The fourth-order valence-corrected chi connectivity index (χ4v) is 3.66. The maximum atomic E-state index is 12.1. The van der Waals surface area contributed by atoms with Gasteiger partial charge in [0.05, 0.1) is 6.61 Å². The molecule has 1 heterocycles. The van der Waals surface area contributed by atoms with Gasteiger partial charge in [-0.3, -0.25) is 0 Å². The van der Waals surface area contributed by atoms with E-state index >= 15 is 0 Å². The molecule has 0 unspecified atom stereocenters. The van der Waals surface area contributed by atoms with Gasteiger partial charge in [-0.1, -0.05) is 30.3 Å². The van der Waals surface area contributed by atoms with Crippen LogP contribution in [0.3, 0.4) is 0 Å².